The Balaban J connectivity index is 3.37. The molecule has 0 amide bonds. The first-order chi connectivity index (χ1) is 5.82. The molecule has 0 N–H and O–H groups in total. The maximum atomic E-state index is 13.6. The van der Waals surface area contributed by atoms with Crippen LogP contribution in [0, 0.1) is 19.7 Å². The molecule has 13 heavy (non-hydrogen) atoms. The van der Waals surface area contributed by atoms with Gasteiger partial charge in [-0.2, -0.15) is 0 Å². The van der Waals surface area contributed by atoms with E-state index in [1.807, 2.05) is 27.7 Å². The van der Waals surface area contributed by atoms with E-state index in [-0.39, 0.29) is 11.2 Å². The molecule has 0 saturated heterocycles. The van der Waals surface area contributed by atoms with Crippen molar-refractivity contribution in [2.45, 2.75) is 40.0 Å². The van der Waals surface area contributed by atoms with Gasteiger partial charge >= 0.3 is 0 Å². The molecule has 0 spiro atoms. The standard InChI is InChI=1S/C11H16FN/c1-7-6-8(2)13-10(9(7)12)11(3,4)5/h6H,1-5H3. The first-order valence-corrected chi connectivity index (χ1v) is 4.46. The number of nitrogens with zero attached hydrogens (tertiary/aromatic N) is 1. The van der Waals surface area contributed by atoms with Gasteiger partial charge in [0.05, 0.1) is 5.69 Å². The van der Waals surface area contributed by atoms with Crippen LogP contribution in [-0.4, -0.2) is 4.98 Å². The summed E-state index contributed by atoms with van der Waals surface area (Å²) in [5.74, 6) is -0.168. The monoisotopic (exact) mass is 181 g/mol. The lowest BCUT2D eigenvalue weighted by Crippen LogP contribution is -2.17. The minimum absolute atomic E-state index is 0.168. The van der Waals surface area contributed by atoms with E-state index >= 15 is 0 Å². The van der Waals surface area contributed by atoms with Crippen molar-refractivity contribution < 1.29 is 4.39 Å². The zero-order valence-corrected chi connectivity index (χ0v) is 8.90. The third kappa shape index (κ3) is 2.06. The molecule has 0 bridgehead atoms. The molecule has 0 fully saturated rings. The number of rotatable bonds is 0. The van der Waals surface area contributed by atoms with Crippen LogP contribution in [0.2, 0.25) is 0 Å². The molecule has 0 aromatic carbocycles. The lowest BCUT2D eigenvalue weighted by Gasteiger charge is -2.19. The number of aryl methyl sites for hydroxylation is 2. The van der Waals surface area contributed by atoms with Gasteiger partial charge in [-0.15, -0.1) is 0 Å². The Kier molecular flexibility index (Phi) is 2.42. The zero-order chi connectivity index (χ0) is 10.2. The van der Waals surface area contributed by atoms with Crippen LogP contribution in [0.1, 0.15) is 37.7 Å². The Labute approximate surface area is 79.0 Å². The number of halogens is 1. The highest BCUT2D eigenvalue weighted by atomic mass is 19.1. The summed E-state index contributed by atoms with van der Waals surface area (Å²) in [6.07, 6.45) is 0. The maximum absolute atomic E-state index is 13.6. The van der Waals surface area contributed by atoms with Crippen molar-refractivity contribution in [3.63, 3.8) is 0 Å². The van der Waals surface area contributed by atoms with Crippen LogP contribution in [0.4, 0.5) is 4.39 Å². The number of hydrogen-bond acceptors (Lipinski definition) is 1. The van der Waals surface area contributed by atoms with Crippen molar-refractivity contribution >= 4 is 0 Å². The van der Waals surface area contributed by atoms with Gasteiger partial charge in [0.25, 0.3) is 0 Å². The molecule has 0 aliphatic heterocycles. The van der Waals surface area contributed by atoms with Gasteiger partial charge in [0, 0.05) is 11.1 Å². The van der Waals surface area contributed by atoms with E-state index in [2.05, 4.69) is 4.98 Å². The molecule has 0 atom stereocenters. The van der Waals surface area contributed by atoms with Crippen molar-refractivity contribution in [1.29, 1.82) is 0 Å². The molecule has 1 aromatic heterocycles. The largest absolute Gasteiger partial charge is 0.255 e. The van der Waals surface area contributed by atoms with Crippen molar-refractivity contribution in [2.75, 3.05) is 0 Å². The quantitative estimate of drug-likeness (QED) is 0.599. The molecule has 0 aliphatic rings. The van der Waals surface area contributed by atoms with Gasteiger partial charge in [-0.1, -0.05) is 20.8 Å². The predicted molar refractivity (Wildman–Crippen MR) is 52.4 cm³/mol. The highest BCUT2D eigenvalue weighted by molar-refractivity contribution is 5.26. The minimum Gasteiger partial charge on any atom is -0.255 e. The first kappa shape index (κ1) is 10.2. The molecule has 1 nitrogen and oxygen atoms in total. The minimum atomic E-state index is -0.221. The Hall–Kier alpha value is -0.920. The molecule has 1 heterocycles. The molecule has 0 aliphatic carbocycles. The van der Waals surface area contributed by atoms with Gasteiger partial charge in [0.1, 0.15) is 5.82 Å². The van der Waals surface area contributed by atoms with Crippen molar-refractivity contribution in [1.82, 2.24) is 4.98 Å². The second kappa shape index (κ2) is 3.09. The van der Waals surface area contributed by atoms with Crippen LogP contribution in [0.3, 0.4) is 0 Å². The number of pyridine rings is 1. The zero-order valence-electron chi connectivity index (χ0n) is 8.90. The lowest BCUT2D eigenvalue weighted by molar-refractivity contribution is 0.497. The highest BCUT2D eigenvalue weighted by Crippen LogP contribution is 2.25. The molecule has 1 rings (SSSR count). The summed E-state index contributed by atoms with van der Waals surface area (Å²) in [4.78, 5) is 4.23. The Morgan fingerprint density at radius 3 is 2.23 bits per heavy atom. The van der Waals surface area contributed by atoms with Gasteiger partial charge < -0.3 is 0 Å². The number of hydrogen-bond donors (Lipinski definition) is 0. The summed E-state index contributed by atoms with van der Waals surface area (Å²) in [6, 6.07) is 1.77. The van der Waals surface area contributed by atoms with Crippen LogP contribution in [0.15, 0.2) is 6.07 Å². The second-order valence-corrected chi connectivity index (χ2v) is 4.49. The number of aromatic nitrogens is 1. The average molecular weight is 181 g/mol. The third-order valence-electron chi connectivity index (χ3n) is 1.98. The Morgan fingerprint density at radius 1 is 1.23 bits per heavy atom. The molecule has 0 unspecified atom stereocenters. The van der Waals surface area contributed by atoms with Crippen LogP contribution in [0.5, 0.6) is 0 Å². The van der Waals surface area contributed by atoms with E-state index in [0.717, 1.165) is 5.69 Å². The van der Waals surface area contributed by atoms with Crippen molar-refractivity contribution in [3.05, 3.63) is 28.8 Å². The van der Waals surface area contributed by atoms with E-state index in [0.29, 0.717) is 11.3 Å². The SMILES string of the molecule is Cc1cc(C)c(F)c(C(C)(C)C)n1. The smallest absolute Gasteiger partial charge is 0.148 e. The summed E-state index contributed by atoms with van der Waals surface area (Å²) in [6.45, 7) is 9.58. The Bertz CT molecular complexity index is 324. The fourth-order valence-electron chi connectivity index (χ4n) is 1.32. The van der Waals surface area contributed by atoms with Gasteiger partial charge in [0.15, 0.2) is 0 Å². The summed E-state index contributed by atoms with van der Waals surface area (Å²) >= 11 is 0. The fourth-order valence-corrected chi connectivity index (χ4v) is 1.32. The van der Waals surface area contributed by atoms with Crippen LogP contribution >= 0.6 is 0 Å². The molecular formula is C11H16FN. The highest BCUT2D eigenvalue weighted by Gasteiger charge is 2.21. The van der Waals surface area contributed by atoms with E-state index < -0.39 is 0 Å². The third-order valence-corrected chi connectivity index (χ3v) is 1.98. The maximum Gasteiger partial charge on any atom is 0.148 e. The van der Waals surface area contributed by atoms with E-state index in [1.165, 1.54) is 0 Å². The molecule has 1 aromatic rings. The first-order valence-electron chi connectivity index (χ1n) is 4.46. The summed E-state index contributed by atoms with van der Waals surface area (Å²) in [5.41, 5.74) is 1.90. The van der Waals surface area contributed by atoms with Crippen molar-refractivity contribution in [3.8, 4) is 0 Å². The molecule has 0 saturated carbocycles. The predicted octanol–water partition coefficient (Wildman–Crippen LogP) is 3.14. The van der Waals surface area contributed by atoms with E-state index in [4.69, 9.17) is 0 Å². The van der Waals surface area contributed by atoms with Gasteiger partial charge in [-0.25, -0.2) is 4.39 Å². The topological polar surface area (TPSA) is 12.9 Å². The van der Waals surface area contributed by atoms with Gasteiger partial charge in [-0.05, 0) is 25.5 Å². The van der Waals surface area contributed by atoms with E-state index in [9.17, 15) is 4.39 Å². The van der Waals surface area contributed by atoms with Crippen molar-refractivity contribution in [2.24, 2.45) is 0 Å². The Morgan fingerprint density at radius 2 is 1.77 bits per heavy atom. The van der Waals surface area contributed by atoms with Crippen LogP contribution < -0.4 is 0 Å². The van der Waals surface area contributed by atoms with Gasteiger partial charge in [0.2, 0.25) is 0 Å². The molecular weight excluding hydrogens is 165 g/mol. The normalized spacial score (nSPS) is 11.8. The lowest BCUT2D eigenvalue weighted by atomic mass is 9.90. The molecule has 0 radical (unpaired) electrons. The molecule has 2 heteroatoms. The van der Waals surface area contributed by atoms with E-state index in [1.54, 1.807) is 13.0 Å². The summed E-state index contributed by atoms with van der Waals surface area (Å²) in [5, 5.41) is 0. The van der Waals surface area contributed by atoms with Crippen LogP contribution in [0.25, 0.3) is 0 Å². The van der Waals surface area contributed by atoms with Crippen LogP contribution in [-0.2, 0) is 5.41 Å². The molecule has 72 valence electrons. The van der Waals surface area contributed by atoms with Gasteiger partial charge in [-0.3, -0.25) is 4.98 Å². The summed E-state index contributed by atoms with van der Waals surface area (Å²) < 4.78 is 13.6. The second-order valence-electron chi connectivity index (χ2n) is 4.49. The fraction of sp³-hybridized carbons (Fsp3) is 0.545. The summed E-state index contributed by atoms with van der Waals surface area (Å²) in [7, 11) is 0. The average Bonchev–Trinajstić information content (AvgIpc) is 1.94.